The van der Waals surface area contributed by atoms with E-state index in [2.05, 4.69) is 54.7 Å². The van der Waals surface area contributed by atoms with E-state index < -0.39 is 35.3 Å². The van der Waals surface area contributed by atoms with Crippen LogP contribution in [0.5, 0.6) is 0 Å². The van der Waals surface area contributed by atoms with E-state index in [1.165, 1.54) is 0 Å². The van der Waals surface area contributed by atoms with Crippen molar-refractivity contribution >= 4 is 22.6 Å². The lowest BCUT2D eigenvalue weighted by Crippen LogP contribution is -2.22. The van der Waals surface area contributed by atoms with Crippen molar-refractivity contribution in [2.24, 2.45) is 11.8 Å². The van der Waals surface area contributed by atoms with Crippen LogP contribution in [0.15, 0.2) is 24.8 Å². The van der Waals surface area contributed by atoms with E-state index in [0.717, 1.165) is 50.5 Å². The lowest BCUT2D eigenvalue weighted by Gasteiger charge is -2.21. The SMILES string of the molecule is CC(C#N)(CC1CC1)c1cnc(C(F)(F)F)nc1.CI.N#CC(CC1CC1)c1cnc(C(F)(F)F)nc1. The summed E-state index contributed by atoms with van der Waals surface area (Å²) in [6, 6.07) is 4.25. The summed E-state index contributed by atoms with van der Waals surface area (Å²) in [6.45, 7) is 1.72. The molecule has 13 heteroatoms. The Bertz CT molecular complexity index is 1080. The van der Waals surface area contributed by atoms with Crippen LogP contribution in [0.1, 0.15) is 74.1 Å². The standard InChI is InChI=1S/C12H12F3N3.C11H10F3N3.CH3I/c1-11(7-16,4-8-2-3-8)9-5-17-10(18-6-9)12(13,14)15;12-11(13,14)10-16-5-9(6-17-10)8(4-15)3-7-1-2-7;1-2/h5-6,8H,2-4H2,1H3;5-8H,1-3H2;1H3. The summed E-state index contributed by atoms with van der Waals surface area (Å²) in [4.78, 5) is 15.1. The van der Waals surface area contributed by atoms with E-state index in [1.807, 2.05) is 4.93 Å². The molecule has 0 amide bonds. The molecule has 2 aromatic heterocycles. The minimum absolute atomic E-state index is 0.398. The van der Waals surface area contributed by atoms with Crippen LogP contribution in [0.25, 0.3) is 0 Å². The zero-order chi connectivity index (χ0) is 27.9. The van der Waals surface area contributed by atoms with Crippen LogP contribution in [0.3, 0.4) is 0 Å². The van der Waals surface area contributed by atoms with Crippen molar-refractivity contribution in [3.63, 3.8) is 0 Å². The molecule has 0 aliphatic heterocycles. The molecule has 0 spiro atoms. The van der Waals surface area contributed by atoms with Crippen LogP contribution in [0.2, 0.25) is 0 Å². The molecular weight excluding hydrogens is 613 g/mol. The Balaban J connectivity index is 0.000000244. The summed E-state index contributed by atoms with van der Waals surface area (Å²) in [5.74, 6) is -1.70. The highest BCUT2D eigenvalue weighted by Crippen LogP contribution is 2.41. The van der Waals surface area contributed by atoms with Crippen LogP contribution < -0.4 is 0 Å². The minimum Gasteiger partial charge on any atom is -0.233 e. The predicted molar refractivity (Wildman–Crippen MR) is 130 cm³/mol. The van der Waals surface area contributed by atoms with E-state index in [4.69, 9.17) is 5.26 Å². The van der Waals surface area contributed by atoms with Gasteiger partial charge in [0.1, 0.15) is 0 Å². The number of halogens is 7. The maximum absolute atomic E-state index is 12.3. The second-order valence-electron chi connectivity index (χ2n) is 9.08. The average Bonchev–Trinajstić information content (AvgIpc) is 3.80. The molecule has 2 aromatic rings. The quantitative estimate of drug-likeness (QED) is 0.192. The molecule has 200 valence electrons. The van der Waals surface area contributed by atoms with E-state index in [1.54, 1.807) is 6.92 Å². The van der Waals surface area contributed by atoms with Gasteiger partial charge in [-0.3, -0.25) is 0 Å². The fourth-order valence-electron chi connectivity index (χ4n) is 3.50. The zero-order valence-electron chi connectivity index (χ0n) is 20.1. The van der Waals surface area contributed by atoms with Crippen molar-refractivity contribution in [2.75, 3.05) is 4.93 Å². The van der Waals surface area contributed by atoms with Gasteiger partial charge < -0.3 is 0 Å². The Morgan fingerprint density at radius 2 is 1.27 bits per heavy atom. The summed E-state index contributed by atoms with van der Waals surface area (Å²) in [6.07, 6.45) is 1.05. The number of hydrogen-bond donors (Lipinski definition) is 0. The summed E-state index contributed by atoms with van der Waals surface area (Å²) >= 11 is 2.15. The Morgan fingerprint density at radius 1 is 0.838 bits per heavy atom. The molecule has 0 saturated heterocycles. The van der Waals surface area contributed by atoms with Crippen molar-refractivity contribution in [1.29, 1.82) is 10.5 Å². The number of aromatic nitrogens is 4. The number of alkyl halides is 7. The number of rotatable bonds is 6. The lowest BCUT2D eigenvalue weighted by molar-refractivity contribution is -0.145. The molecule has 0 bridgehead atoms. The van der Waals surface area contributed by atoms with Gasteiger partial charge in [-0.05, 0) is 36.5 Å². The molecule has 2 unspecified atom stereocenters. The first kappa shape index (κ1) is 30.7. The van der Waals surface area contributed by atoms with Crippen molar-refractivity contribution in [2.45, 2.75) is 69.1 Å². The molecule has 2 aliphatic carbocycles. The molecule has 2 atom stereocenters. The van der Waals surface area contributed by atoms with Gasteiger partial charge in [0.15, 0.2) is 0 Å². The Labute approximate surface area is 224 Å². The topological polar surface area (TPSA) is 99.1 Å². The van der Waals surface area contributed by atoms with Gasteiger partial charge in [0.2, 0.25) is 11.6 Å². The van der Waals surface area contributed by atoms with Gasteiger partial charge in [-0.1, -0.05) is 48.3 Å². The second kappa shape index (κ2) is 12.8. The molecule has 0 aromatic carbocycles. The van der Waals surface area contributed by atoms with Crippen LogP contribution in [-0.4, -0.2) is 24.9 Å². The molecule has 0 N–H and O–H groups in total. The van der Waals surface area contributed by atoms with E-state index >= 15 is 0 Å². The average molecular weight is 638 g/mol. The largest absolute Gasteiger partial charge is 0.451 e. The van der Waals surface area contributed by atoms with Gasteiger partial charge in [-0.2, -0.15) is 36.9 Å². The van der Waals surface area contributed by atoms with Gasteiger partial charge in [0.05, 0.1) is 23.5 Å². The summed E-state index contributed by atoms with van der Waals surface area (Å²) in [5, 5.41) is 18.2. The summed E-state index contributed by atoms with van der Waals surface area (Å²) in [5.41, 5.74) is 0.114. The smallest absolute Gasteiger partial charge is 0.233 e. The van der Waals surface area contributed by atoms with Gasteiger partial charge in [0, 0.05) is 35.9 Å². The second-order valence-corrected chi connectivity index (χ2v) is 9.08. The van der Waals surface area contributed by atoms with Crippen LogP contribution in [0, 0.1) is 34.5 Å². The first-order valence-electron chi connectivity index (χ1n) is 11.3. The lowest BCUT2D eigenvalue weighted by atomic mass is 9.81. The zero-order valence-corrected chi connectivity index (χ0v) is 22.3. The molecular formula is C24H25F6IN6. The fraction of sp³-hybridized carbons (Fsp3) is 0.583. The van der Waals surface area contributed by atoms with Crippen LogP contribution >= 0.6 is 22.6 Å². The predicted octanol–water partition coefficient (Wildman–Crippen LogP) is 7.03. The molecule has 2 aliphatic rings. The van der Waals surface area contributed by atoms with Crippen LogP contribution in [-0.2, 0) is 17.8 Å². The number of nitrogens with zero attached hydrogens (tertiary/aromatic N) is 6. The van der Waals surface area contributed by atoms with Gasteiger partial charge in [-0.15, -0.1) is 0 Å². The molecule has 37 heavy (non-hydrogen) atoms. The molecule has 2 saturated carbocycles. The fourth-order valence-corrected chi connectivity index (χ4v) is 3.50. The Kier molecular flexibility index (Phi) is 10.6. The molecule has 0 radical (unpaired) electrons. The third-order valence-electron chi connectivity index (χ3n) is 5.93. The maximum Gasteiger partial charge on any atom is 0.451 e. The molecule has 2 heterocycles. The first-order chi connectivity index (χ1) is 17.4. The third kappa shape index (κ3) is 9.36. The van der Waals surface area contributed by atoms with Crippen LogP contribution in [0.4, 0.5) is 26.3 Å². The monoisotopic (exact) mass is 638 g/mol. The van der Waals surface area contributed by atoms with Crippen molar-refractivity contribution in [1.82, 2.24) is 19.9 Å². The van der Waals surface area contributed by atoms with E-state index in [0.29, 0.717) is 35.8 Å². The highest BCUT2D eigenvalue weighted by atomic mass is 127. The first-order valence-corrected chi connectivity index (χ1v) is 13.5. The van der Waals surface area contributed by atoms with Crippen molar-refractivity contribution in [3.05, 3.63) is 47.6 Å². The van der Waals surface area contributed by atoms with E-state index in [-0.39, 0.29) is 0 Å². The molecule has 4 rings (SSSR count). The molecule has 2 fully saturated rings. The Hall–Kier alpha value is -2.55. The summed E-state index contributed by atoms with van der Waals surface area (Å²) < 4.78 is 73.7. The van der Waals surface area contributed by atoms with Crippen molar-refractivity contribution in [3.8, 4) is 12.1 Å². The van der Waals surface area contributed by atoms with Gasteiger partial charge in [0.25, 0.3) is 0 Å². The Morgan fingerprint density at radius 3 is 1.62 bits per heavy atom. The normalized spacial score (nSPS) is 17.5. The molecule has 6 nitrogen and oxygen atoms in total. The maximum atomic E-state index is 12.3. The number of nitriles is 2. The number of hydrogen-bond acceptors (Lipinski definition) is 6. The van der Waals surface area contributed by atoms with Crippen molar-refractivity contribution < 1.29 is 26.3 Å². The minimum atomic E-state index is -4.54. The van der Waals surface area contributed by atoms with E-state index in [9.17, 15) is 31.6 Å². The van der Waals surface area contributed by atoms with Gasteiger partial charge >= 0.3 is 12.4 Å². The third-order valence-corrected chi connectivity index (χ3v) is 5.93. The highest BCUT2D eigenvalue weighted by molar-refractivity contribution is 14.1. The summed E-state index contributed by atoms with van der Waals surface area (Å²) in [7, 11) is 0. The van der Waals surface area contributed by atoms with Gasteiger partial charge in [-0.25, -0.2) is 19.9 Å². The highest BCUT2D eigenvalue weighted by Gasteiger charge is 2.38.